The summed E-state index contributed by atoms with van der Waals surface area (Å²) < 4.78 is 18.9. The number of Topliss-reactive ketones (excluding diaryl/α,β-unsaturated/α-hetero) is 3. The number of halogens is 5. The maximum absolute atomic E-state index is 12.6. The highest BCUT2D eigenvalue weighted by Crippen LogP contribution is 2.34. The summed E-state index contributed by atoms with van der Waals surface area (Å²) in [6.45, 7) is 0. The fourth-order valence-corrected chi connectivity index (χ4v) is 10.7. The van der Waals surface area contributed by atoms with E-state index in [1.165, 1.54) is 84.8 Å². The molecule has 4 heterocycles. The van der Waals surface area contributed by atoms with Crippen molar-refractivity contribution in [3.63, 3.8) is 0 Å². The van der Waals surface area contributed by atoms with E-state index in [0.29, 0.717) is 75.7 Å². The lowest BCUT2D eigenvalue weighted by Gasteiger charge is -2.31. The first-order valence-electron chi connectivity index (χ1n) is 25.7. The molecule has 0 bridgehead atoms. The molecule has 3 saturated carbocycles. The average Bonchev–Trinajstić information content (AvgIpc) is 3.98. The minimum Gasteiger partial charge on any atom is -0.452 e. The van der Waals surface area contributed by atoms with Gasteiger partial charge in [0.05, 0.1) is 39.8 Å². The largest absolute Gasteiger partial charge is 0.452 e. The number of carbonyl (C=O) groups is 3. The van der Waals surface area contributed by atoms with Gasteiger partial charge in [-0.05, 0) is 101 Å². The van der Waals surface area contributed by atoms with Gasteiger partial charge in [0.15, 0.2) is 62.1 Å². The predicted molar refractivity (Wildman–Crippen MR) is 339 cm³/mol. The third-order valence-corrected chi connectivity index (χ3v) is 15.0. The van der Waals surface area contributed by atoms with Crippen molar-refractivity contribution >= 4 is 159 Å². The first-order chi connectivity index (χ1) is 36.3. The zero-order valence-electron chi connectivity index (χ0n) is 42.5. The molecule has 77 heavy (non-hydrogen) atoms. The van der Waals surface area contributed by atoms with E-state index < -0.39 is 5.60 Å². The maximum atomic E-state index is 12.6. The number of aromatic amines is 1. The summed E-state index contributed by atoms with van der Waals surface area (Å²) in [5.74, 6) is 1.26. The van der Waals surface area contributed by atoms with Gasteiger partial charge in [0, 0.05) is 37.5 Å². The Morgan fingerprint density at radius 3 is 1.60 bits per heavy atom. The average molecular weight is 1560 g/mol. The van der Waals surface area contributed by atoms with Crippen LogP contribution >= 0.6 is 109 Å². The van der Waals surface area contributed by atoms with E-state index in [2.05, 4.69) is 81.7 Å². The topological polar surface area (TPSA) is 240 Å². The number of para-hydroxylation sites is 3. The van der Waals surface area contributed by atoms with Gasteiger partial charge >= 0.3 is 0 Å². The molecule has 10 rings (SSSR count). The number of H-pyrrole nitrogens is 1. The molecular formula is C57H62BrI4N5O10. The Labute approximate surface area is 515 Å². The number of benzene rings is 3. The lowest BCUT2D eigenvalue weighted by atomic mass is 9.81. The molecule has 0 atom stereocenters. The van der Waals surface area contributed by atoms with Gasteiger partial charge in [-0.25, -0.2) is 0 Å². The van der Waals surface area contributed by atoms with E-state index in [9.17, 15) is 33.9 Å². The zero-order chi connectivity index (χ0) is 53.3. The van der Waals surface area contributed by atoms with Crippen molar-refractivity contribution in [2.24, 2.45) is 11.8 Å². The van der Waals surface area contributed by atoms with Crippen molar-refractivity contribution in [1.82, 2.24) is 20.6 Å². The van der Waals surface area contributed by atoms with Gasteiger partial charge in [-0.3, -0.25) is 28.8 Å². The van der Waals surface area contributed by atoms with Crippen LogP contribution in [0.25, 0.3) is 44.3 Å². The molecule has 3 fully saturated rings. The third kappa shape index (κ3) is 17.9. The van der Waals surface area contributed by atoms with Crippen LogP contribution in [0.1, 0.15) is 172 Å². The van der Waals surface area contributed by atoms with Crippen LogP contribution in [0, 0.1) is 23.2 Å². The Morgan fingerprint density at radius 1 is 0.649 bits per heavy atom. The predicted octanol–water partition coefficient (Wildman–Crippen LogP) is 15.0. The van der Waals surface area contributed by atoms with Crippen LogP contribution in [0.3, 0.4) is 0 Å². The second-order valence-corrected chi connectivity index (χ2v) is 24.8. The summed E-state index contributed by atoms with van der Waals surface area (Å²) >= 11 is 7.92. The van der Waals surface area contributed by atoms with Crippen LogP contribution in [-0.4, -0.2) is 51.1 Å². The molecule has 0 saturated heterocycles. The molecule has 7 aromatic rings. The fraction of sp³-hybridized carbons (Fsp3) is 0.439. The molecule has 4 aromatic heterocycles. The standard InChI is InChI=1S/C19H20N4O4.C19H19NO3.C18H19BrO3.CH2I2.2HI/c24-14(7-10-19(26)8-2-1-3-9-19)16-11-15(25)12-5-4-6-13(17(12)27-16)18-20-22-23-21-18;20-12-14-7-4-8-15-17(22)11-18(23-19(14)15)16(21)10-9-13-5-2-1-3-6-13;19-14-8-4-7-13-16(21)11-17(22-18(13)14)15(20)10-9-12-5-2-1-3-6-12;2-1-3;;/h4-6,11,26H,1-3,7-10H2,(H,20,21,22,23);4,7-8,11,13H,1-3,5-6,9-10H2;4,7-8,11-12H,1-3,5-6,9-10H2;1H2;2*1H. The van der Waals surface area contributed by atoms with E-state index in [-0.39, 0.29) is 128 Å². The molecule has 0 amide bonds. The molecular weight excluding hydrogens is 1500 g/mol. The van der Waals surface area contributed by atoms with E-state index >= 15 is 0 Å². The van der Waals surface area contributed by atoms with E-state index in [1.807, 2.05) is 12.1 Å². The summed E-state index contributed by atoms with van der Waals surface area (Å²) in [5.41, 5.74) is 0.154. The number of rotatable bonds is 13. The van der Waals surface area contributed by atoms with Gasteiger partial charge in [0.25, 0.3) is 0 Å². The molecule has 20 heteroatoms. The molecule has 15 nitrogen and oxygen atoms in total. The van der Waals surface area contributed by atoms with Crippen molar-refractivity contribution in [2.75, 3.05) is 2.43 Å². The molecule has 2 N–H and O–H groups in total. The Bertz CT molecular complexity index is 3320. The fourth-order valence-electron chi connectivity index (χ4n) is 10.2. The van der Waals surface area contributed by atoms with Crippen LogP contribution in [0.4, 0.5) is 0 Å². The summed E-state index contributed by atoms with van der Waals surface area (Å²) in [5, 5.41) is 34.6. The lowest BCUT2D eigenvalue weighted by molar-refractivity contribution is -0.00471. The highest BCUT2D eigenvalue weighted by molar-refractivity contribution is 14.2. The van der Waals surface area contributed by atoms with Crippen LogP contribution in [-0.2, 0) is 0 Å². The number of aliphatic hydroxyl groups is 1. The summed E-state index contributed by atoms with van der Waals surface area (Å²) in [7, 11) is 0. The number of alkyl halides is 2. The van der Waals surface area contributed by atoms with Gasteiger partial charge in [0.2, 0.25) is 5.82 Å². The maximum Gasteiger partial charge on any atom is 0.208 e. The van der Waals surface area contributed by atoms with Gasteiger partial charge in [-0.2, -0.15) is 10.5 Å². The first-order valence-corrected chi connectivity index (χ1v) is 29.6. The first kappa shape index (κ1) is 64.0. The number of aromatic nitrogens is 4. The third-order valence-electron chi connectivity index (χ3n) is 14.4. The van der Waals surface area contributed by atoms with Crippen LogP contribution in [0.2, 0.25) is 0 Å². The van der Waals surface area contributed by atoms with Crippen molar-refractivity contribution in [3.05, 3.63) is 131 Å². The Morgan fingerprint density at radius 2 is 1.09 bits per heavy atom. The summed E-state index contributed by atoms with van der Waals surface area (Å²) in [4.78, 5) is 74.1. The van der Waals surface area contributed by atoms with Crippen molar-refractivity contribution < 1.29 is 32.7 Å². The molecule has 0 unspecified atom stereocenters. The Balaban J connectivity index is 0.000000206. The summed E-state index contributed by atoms with van der Waals surface area (Å²) in [6, 6.07) is 21.0. The number of hydrogen-bond donors (Lipinski definition) is 2. The second kappa shape index (κ2) is 31.9. The summed E-state index contributed by atoms with van der Waals surface area (Å²) in [6.07, 6.45) is 20.1. The monoisotopic (exact) mass is 1560 g/mol. The highest BCUT2D eigenvalue weighted by Gasteiger charge is 2.30. The number of nitrogens with zero attached hydrogens (tertiary/aromatic N) is 4. The zero-order valence-corrected chi connectivity index (χ0v) is 53.1. The molecule has 3 aromatic carbocycles. The Hall–Kier alpha value is -3.78. The molecule has 0 radical (unpaired) electrons. The second-order valence-electron chi connectivity index (χ2n) is 19.5. The quantitative estimate of drug-likeness (QED) is 0.0620. The lowest BCUT2D eigenvalue weighted by Crippen LogP contribution is -2.31. The van der Waals surface area contributed by atoms with E-state index in [0.717, 1.165) is 32.1 Å². The number of carbonyl (C=O) groups excluding carboxylic acids is 3. The SMILES string of the molecule is I.I.ICI.N#Cc1cccc2c(=O)cc(C(=O)CCC3CCCCC3)oc12.O=C(CCC1(O)CCCCC1)c1cc(=O)c2cccc(-c3nn[nH]n3)c2o1.O=C(CCC1CCCCC1)c1cc(=O)c2cccc(Br)c2o1. The van der Waals surface area contributed by atoms with Gasteiger partial charge in [-0.15, -0.1) is 58.2 Å². The Kier molecular flexibility index (Phi) is 26.5. The number of nitriles is 1. The van der Waals surface area contributed by atoms with Gasteiger partial charge < -0.3 is 18.4 Å². The van der Waals surface area contributed by atoms with Gasteiger partial charge in [0.1, 0.15) is 11.7 Å². The van der Waals surface area contributed by atoms with Crippen molar-refractivity contribution in [2.45, 2.75) is 140 Å². The van der Waals surface area contributed by atoms with Crippen LogP contribution in [0.15, 0.2) is 105 Å². The smallest absolute Gasteiger partial charge is 0.208 e. The number of ketones is 3. The normalized spacial score (nSPS) is 15.2. The van der Waals surface area contributed by atoms with Gasteiger partial charge in [-0.1, -0.05) is 147 Å². The molecule has 3 aliphatic rings. The van der Waals surface area contributed by atoms with Crippen molar-refractivity contribution in [1.29, 1.82) is 5.26 Å². The van der Waals surface area contributed by atoms with Crippen LogP contribution < -0.4 is 16.3 Å². The minimum atomic E-state index is -0.791. The van der Waals surface area contributed by atoms with E-state index in [1.54, 1.807) is 48.5 Å². The number of tetrazole rings is 1. The van der Waals surface area contributed by atoms with Crippen molar-refractivity contribution in [3.8, 4) is 17.5 Å². The van der Waals surface area contributed by atoms with E-state index in [4.69, 9.17) is 18.5 Å². The molecule has 3 aliphatic carbocycles. The number of hydrogen-bond acceptors (Lipinski definition) is 14. The molecule has 410 valence electrons. The van der Waals surface area contributed by atoms with Crippen LogP contribution in [0.5, 0.6) is 0 Å². The highest BCUT2D eigenvalue weighted by atomic mass is 127. The molecule has 0 spiro atoms. The number of fused-ring (bicyclic) bond motifs is 3. The molecule has 0 aliphatic heterocycles. The number of nitrogens with one attached hydrogen (secondary N) is 1. The minimum absolute atomic E-state index is 0.